The summed E-state index contributed by atoms with van der Waals surface area (Å²) in [6.07, 6.45) is 2.09. The SMILES string of the molecule is COc1c(C(=O)NC2CC2)ccc2[nH]nc(-c3ccc4ccccc4c3)c12. The molecule has 27 heavy (non-hydrogen) atoms. The van der Waals surface area contributed by atoms with E-state index >= 15 is 0 Å². The fourth-order valence-electron chi connectivity index (χ4n) is 3.51. The fraction of sp³-hybridized carbons (Fsp3) is 0.182. The molecular weight excluding hydrogens is 338 g/mol. The highest BCUT2D eigenvalue weighted by Gasteiger charge is 2.26. The highest BCUT2D eigenvalue weighted by atomic mass is 16.5. The highest BCUT2D eigenvalue weighted by Crippen LogP contribution is 2.37. The predicted molar refractivity (Wildman–Crippen MR) is 106 cm³/mol. The number of amides is 1. The van der Waals surface area contributed by atoms with Crippen molar-refractivity contribution in [2.75, 3.05) is 7.11 Å². The van der Waals surface area contributed by atoms with Crippen LogP contribution in [0.4, 0.5) is 0 Å². The van der Waals surface area contributed by atoms with Crippen LogP contribution in [0.15, 0.2) is 54.6 Å². The van der Waals surface area contributed by atoms with E-state index in [1.54, 1.807) is 13.2 Å². The molecule has 3 aromatic carbocycles. The minimum atomic E-state index is -0.0955. The molecule has 2 N–H and O–H groups in total. The zero-order chi connectivity index (χ0) is 18.4. The van der Waals surface area contributed by atoms with Crippen LogP contribution >= 0.6 is 0 Å². The smallest absolute Gasteiger partial charge is 0.255 e. The third-order valence-electron chi connectivity index (χ3n) is 5.07. The molecule has 1 aliphatic carbocycles. The number of nitrogens with zero attached hydrogens (tertiary/aromatic N) is 1. The molecule has 1 aromatic heterocycles. The molecule has 5 nitrogen and oxygen atoms in total. The van der Waals surface area contributed by atoms with Gasteiger partial charge in [0.1, 0.15) is 11.4 Å². The van der Waals surface area contributed by atoms with Crippen LogP contribution < -0.4 is 10.1 Å². The van der Waals surface area contributed by atoms with Gasteiger partial charge in [-0.3, -0.25) is 9.89 Å². The number of hydrogen-bond donors (Lipinski definition) is 2. The average molecular weight is 357 g/mol. The van der Waals surface area contributed by atoms with Crippen molar-refractivity contribution in [1.82, 2.24) is 15.5 Å². The van der Waals surface area contributed by atoms with Crippen molar-refractivity contribution in [3.05, 3.63) is 60.2 Å². The fourth-order valence-corrected chi connectivity index (χ4v) is 3.51. The maximum absolute atomic E-state index is 12.6. The Kier molecular flexibility index (Phi) is 3.60. The predicted octanol–water partition coefficient (Wildman–Crippen LogP) is 4.28. The highest BCUT2D eigenvalue weighted by molar-refractivity contribution is 6.07. The molecule has 0 aliphatic heterocycles. The van der Waals surface area contributed by atoms with Gasteiger partial charge in [-0.25, -0.2) is 0 Å². The molecule has 0 atom stereocenters. The second-order valence-corrected chi connectivity index (χ2v) is 6.95. The summed E-state index contributed by atoms with van der Waals surface area (Å²) in [5.74, 6) is 0.462. The molecule has 5 heteroatoms. The summed E-state index contributed by atoms with van der Waals surface area (Å²) in [7, 11) is 1.60. The number of aromatic nitrogens is 2. The van der Waals surface area contributed by atoms with Crippen molar-refractivity contribution in [2.45, 2.75) is 18.9 Å². The summed E-state index contributed by atoms with van der Waals surface area (Å²) in [6.45, 7) is 0. The van der Waals surface area contributed by atoms with Crippen molar-refractivity contribution in [1.29, 1.82) is 0 Å². The van der Waals surface area contributed by atoms with Crippen molar-refractivity contribution in [3.8, 4) is 17.0 Å². The van der Waals surface area contributed by atoms with Gasteiger partial charge >= 0.3 is 0 Å². The van der Waals surface area contributed by atoms with Crippen LogP contribution in [0.25, 0.3) is 32.9 Å². The number of benzene rings is 3. The van der Waals surface area contributed by atoms with Crippen LogP contribution in [0.5, 0.6) is 5.75 Å². The first-order valence-electron chi connectivity index (χ1n) is 9.09. The minimum Gasteiger partial charge on any atom is -0.495 e. The molecule has 1 saturated carbocycles. The third-order valence-corrected chi connectivity index (χ3v) is 5.07. The molecule has 1 heterocycles. The summed E-state index contributed by atoms with van der Waals surface area (Å²) in [5, 5.41) is 13.8. The topological polar surface area (TPSA) is 67.0 Å². The van der Waals surface area contributed by atoms with Gasteiger partial charge < -0.3 is 10.1 Å². The molecule has 1 aliphatic rings. The van der Waals surface area contributed by atoms with Gasteiger partial charge in [0.2, 0.25) is 0 Å². The lowest BCUT2D eigenvalue weighted by atomic mass is 10.0. The van der Waals surface area contributed by atoms with Gasteiger partial charge in [-0.2, -0.15) is 5.10 Å². The summed E-state index contributed by atoms with van der Waals surface area (Å²) in [5.41, 5.74) is 3.16. The van der Waals surface area contributed by atoms with E-state index in [-0.39, 0.29) is 5.91 Å². The molecule has 0 saturated heterocycles. The molecule has 0 unspecified atom stereocenters. The lowest BCUT2D eigenvalue weighted by Crippen LogP contribution is -2.25. The Morgan fingerprint density at radius 2 is 1.93 bits per heavy atom. The van der Waals surface area contributed by atoms with E-state index in [1.165, 1.54) is 5.39 Å². The first-order chi connectivity index (χ1) is 13.2. The van der Waals surface area contributed by atoms with Crippen LogP contribution in [0.1, 0.15) is 23.2 Å². The molecule has 0 bridgehead atoms. The molecule has 134 valence electrons. The Balaban J connectivity index is 1.68. The zero-order valence-corrected chi connectivity index (χ0v) is 15.0. The number of fused-ring (bicyclic) bond motifs is 2. The summed E-state index contributed by atoms with van der Waals surface area (Å²) >= 11 is 0. The van der Waals surface area contributed by atoms with Crippen LogP contribution in [0.3, 0.4) is 0 Å². The van der Waals surface area contributed by atoms with Gasteiger partial charge in [-0.15, -0.1) is 0 Å². The molecule has 0 radical (unpaired) electrons. The van der Waals surface area contributed by atoms with E-state index in [2.05, 4.69) is 39.8 Å². The van der Waals surface area contributed by atoms with E-state index in [0.29, 0.717) is 17.4 Å². The Labute approximate surface area is 156 Å². The van der Waals surface area contributed by atoms with Gasteiger partial charge in [0.15, 0.2) is 0 Å². The molecule has 5 rings (SSSR count). The largest absolute Gasteiger partial charge is 0.495 e. The minimum absolute atomic E-state index is 0.0955. The molecule has 1 amide bonds. The van der Waals surface area contributed by atoms with Crippen LogP contribution in [-0.4, -0.2) is 29.3 Å². The number of carbonyl (C=O) groups is 1. The van der Waals surface area contributed by atoms with Gasteiger partial charge in [0.05, 0.1) is 23.6 Å². The van der Waals surface area contributed by atoms with Gasteiger partial charge in [-0.05, 0) is 41.8 Å². The Morgan fingerprint density at radius 1 is 1.11 bits per heavy atom. The normalized spacial score (nSPS) is 13.8. The Hall–Kier alpha value is -3.34. The van der Waals surface area contributed by atoms with E-state index in [1.807, 2.05) is 24.3 Å². The quantitative estimate of drug-likeness (QED) is 0.573. The van der Waals surface area contributed by atoms with E-state index in [4.69, 9.17) is 4.74 Å². The van der Waals surface area contributed by atoms with E-state index in [0.717, 1.165) is 40.4 Å². The number of carbonyl (C=O) groups excluding carboxylic acids is 1. The molecule has 1 fully saturated rings. The van der Waals surface area contributed by atoms with Crippen LogP contribution in [-0.2, 0) is 0 Å². The maximum atomic E-state index is 12.6. The van der Waals surface area contributed by atoms with Crippen molar-refractivity contribution in [2.24, 2.45) is 0 Å². The zero-order valence-electron chi connectivity index (χ0n) is 15.0. The number of nitrogens with one attached hydrogen (secondary N) is 2. The first-order valence-corrected chi connectivity index (χ1v) is 9.09. The summed E-state index contributed by atoms with van der Waals surface area (Å²) < 4.78 is 5.67. The lowest BCUT2D eigenvalue weighted by Gasteiger charge is -2.11. The molecular formula is C22H19N3O2. The molecule has 0 spiro atoms. The lowest BCUT2D eigenvalue weighted by molar-refractivity contribution is 0.0948. The van der Waals surface area contributed by atoms with E-state index in [9.17, 15) is 4.79 Å². The first kappa shape index (κ1) is 15.9. The van der Waals surface area contributed by atoms with Crippen molar-refractivity contribution < 1.29 is 9.53 Å². The van der Waals surface area contributed by atoms with Crippen LogP contribution in [0, 0.1) is 0 Å². The Bertz CT molecular complexity index is 1170. The maximum Gasteiger partial charge on any atom is 0.255 e. The number of rotatable bonds is 4. The number of H-pyrrole nitrogens is 1. The monoisotopic (exact) mass is 357 g/mol. The summed E-state index contributed by atoms with van der Waals surface area (Å²) in [6, 6.07) is 18.4. The number of hydrogen-bond acceptors (Lipinski definition) is 3. The van der Waals surface area contributed by atoms with Gasteiger partial charge in [-0.1, -0.05) is 36.4 Å². The second kappa shape index (κ2) is 6.13. The Morgan fingerprint density at radius 3 is 2.70 bits per heavy atom. The summed E-state index contributed by atoms with van der Waals surface area (Å²) in [4.78, 5) is 12.6. The van der Waals surface area contributed by atoms with Gasteiger partial charge in [0, 0.05) is 11.6 Å². The van der Waals surface area contributed by atoms with Crippen LogP contribution in [0.2, 0.25) is 0 Å². The molecule has 4 aromatic rings. The number of ether oxygens (including phenoxy) is 1. The average Bonchev–Trinajstić information content (AvgIpc) is 3.41. The number of methoxy groups -OCH3 is 1. The van der Waals surface area contributed by atoms with Gasteiger partial charge in [0.25, 0.3) is 5.91 Å². The number of aromatic amines is 1. The third kappa shape index (κ3) is 2.72. The standard InChI is InChI=1S/C22H19N3O2/c1-27-21-17(22(26)23-16-8-9-16)10-11-18-19(21)20(25-24-18)15-7-6-13-4-2-3-5-14(13)12-15/h2-7,10-12,16H,8-9H2,1H3,(H,23,26)(H,24,25). The van der Waals surface area contributed by atoms with Crippen molar-refractivity contribution in [3.63, 3.8) is 0 Å². The van der Waals surface area contributed by atoms with Crippen molar-refractivity contribution >= 4 is 27.6 Å². The van der Waals surface area contributed by atoms with E-state index < -0.39 is 0 Å². The second-order valence-electron chi connectivity index (χ2n) is 6.95.